The topological polar surface area (TPSA) is 62.1 Å². The van der Waals surface area contributed by atoms with Crippen LogP contribution in [0.5, 0.6) is 5.75 Å². The molecule has 1 saturated heterocycles. The number of carbonyl (C=O) groups excluding carboxylic acids is 1. The third kappa shape index (κ3) is 6.67. The first-order chi connectivity index (χ1) is 19.0. The number of nitrogens with one attached hydrogen (secondary N) is 1. The van der Waals surface area contributed by atoms with E-state index < -0.39 is 6.36 Å². The van der Waals surface area contributed by atoms with Crippen LogP contribution in [0.15, 0.2) is 60.8 Å². The number of alkyl halides is 3. The number of pyridine rings is 1. The predicted octanol–water partition coefficient (Wildman–Crippen LogP) is 6.06. The predicted molar refractivity (Wildman–Crippen MR) is 152 cm³/mol. The second kappa shape index (κ2) is 11.9. The smallest absolute Gasteiger partial charge is 0.406 e. The van der Waals surface area contributed by atoms with Crippen molar-refractivity contribution in [3.05, 3.63) is 89.0 Å². The number of ether oxygens (including phenoxy) is 1. The van der Waals surface area contributed by atoms with E-state index in [1.807, 2.05) is 37.1 Å². The molecule has 0 unspecified atom stereocenters. The van der Waals surface area contributed by atoms with Gasteiger partial charge in [-0.2, -0.15) is 5.10 Å². The maximum Gasteiger partial charge on any atom is 0.573 e. The molecular weight excluding hydrogens is 562 g/mol. The van der Waals surface area contributed by atoms with E-state index in [0.717, 1.165) is 16.8 Å². The number of benzene rings is 2. The van der Waals surface area contributed by atoms with Crippen LogP contribution >= 0.6 is 12.4 Å². The summed E-state index contributed by atoms with van der Waals surface area (Å²) in [5, 5.41) is 7.27. The van der Waals surface area contributed by atoms with Gasteiger partial charge in [-0.25, -0.2) is 8.91 Å². The Bertz CT molecular complexity index is 1540. The van der Waals surface area contributed by atoms with Crippen LogP contribution < -0.4 is 19.9 Å². The Labute approximate surface area is 241 Å². The second-order valence-electron chi connectivity index (χ2n) is 9.99. The van der Waals surface area contributed by atoms with Crippen LogP contribution in [-0.4, -0.2) is 47.6 Å². The summed E-state index contributed by atoms with van der Waals surface area (Å²) in [5.41, 5.74) is 4.71. The van der Waals surface area contributed by atoms with Crippen LogP contribution in [0.3, 0.4) is 0 Å². The minimum absolute atomic E-state index is 0. The van der Waals surface area contributed by atoms with Crippen LogP contribution in [0.1, 0.15) is 34.1 Å². The molecule has 2 aromatic carbocycles. The van der Waals surface area contributed by atoms with E-state index in [0.29, 0.717) is 42.1 Å². The van der Waals surface area contributed by atoms with E-state index in [1.165, 1.54) is 18.2 Å². The number of aryl methyl sites for hydroxylation is 2. The van der Waals surface area contributed by atoms with Gasteiger partial charge in [0.1, 0.15) is 11.6 Å². The Balaban J connectivity index is 0.00000387. The number of halogens is 5. The molecule has 41 heavy (non-hydrogen) atoms. The molecule has 0 bridgehead atoms. The summed E-state index contributed by atoms with van der Waals surface area (Å²) in [6.07, 6.45) is -2.93. The highest BCUT2D eigenvalue weighted by molar-refractivity contribution is 6.02. The maximum absolute atomic E-state index is 15.2. The Morgan fingerprint density at radius 2 is 1.80 bits per heavy atom. The molecule has 1 aliphatic rings. The van der Waals surface area contributed by atoms with Gasteiger partial charge in [0.2, 0.25) is 0 Å². The van der Waals surface area contributed by atoms with Crippen LogP contribution in [0, 0.1) is 19.7 Å². The minimum atomic E-state index is -4.74. The van der Waals surface area contributed by atoms with Gasteiger partial charge < -0.3 is 19.9 Å². The zero-order valence-corrected chi connectivity index (χ0v) is 23.5. The molecule has 5 rings (SSSR count). The average Bonchev–Trinajstić information content (AvgIpc) is 3.22. The van der Waals surface area contributed by atoms with Gasteiger partial charge in [0, 0.05) is 44.1 Å². The second-order valence-corrected chi connectivity index (χ2v) is 9.99. The SMILES string of the molecule is Cc1ccn2nc(C)c(C(=O)NCc3ccc(N4CCN(c5ccc(OC(F)(F)F)cc5)[C@H](C)C4)c(F)c3)c2c1.Cl. The largest absolute Gasteiger partial charge is 0.573 e. The number of nitrogens with zero attached hydrogens (tertiary/aromatic N) is 4. The first kappa shape index (κ1) is 30.0. The fourth-order valence-corrected chi connectivity index (χ4v) is 5.14. The summed E-state index contributed by atoms with van der Waals surface area (Å²) < 4.78 is 58.1. The summed E-state index contributed by atoms with van der Waals surface area (Å²) in [6.45, 7) is 7.51. The molecule has 218 valence electrons. The molecule has 0 saturated carbocycles. The zero-order valence-electron chi connectivity index (χ0n) is 22.7. The molecule has 0 aliphatic carbocycles. The van der Waals surface area contributed by atoms with Gasteiger partial charge in [-0.05, 0) is 80.4 Å². The fraction of sp³-hybridized carbons (Fsp3) is 0.310. The number of carbonyl (C=O) groups is 1. The fourth-order valence-electron chi connectivity index (χ4n) is 5.14. The number of amides is 1. The van der Waals surface area contributed by atoms with Crippen molar-refractivity contribution in [1.29, 1.82) is 0 Å². The number of hydrogen-bond donors (Lipinski definition) is 1. The molecule has 12 heteroatoms. The molecule has 2 aromatic heterocycles. The third-order valence-electron chi connectivity index (χ3n) is 7.03. The number of piperazine rings is 1. The van der Waals surface area contributed by atoms with Crippen molar-refractivity contribution in [2.75, 3.05) is 29.4 Å². The van der Waals surface area contributed by atoms with Crippen molar-refractivity contribution in [3.8, 4) is 5.75 Å². The van der Waals surface area contributed by atoms with Crippen molar-refractivity contribution >= 4 is 35.2 Å². The molecule has 1 aliphatic heterocycles. The van der Waals surface area contributed by atoms with Crippen molar-refractivity contribution in [2.24, 2.45) is 0 Å². The average molecular weight is 592 g/mol. The van der Waals surface area contributed by atoms with Crippen LogP contribution in [0.4, 0.5) is 28.9 Å². The van der Waals surface area contributed by atoms with Gasteiger partial charge in [-0.15, -0.1) is 25.6 Å². The summed E-state index contributed by atoms with van der Waals surface area (Å²) in [7, 11) is 0. The van der Waals surface area contributed by atoms with Gasteiger partial charge in [0.25, 0.3) is 5.91 Å². The lowest BCUT2D eigenvalue weighted by molar-refractivity contribution is -0.274. The number of aromatic nitrogens is 2. The number of rotatable bonds is 6. The first-order valence-corrected chi connectivity index (χ1v) is 12.9. The molecule has 0 spiro atoms. The van der Waals surface area contributed by atoms with Crippen molar-refractivity contribution < 1.29 is 27.1 Å². The summed E-state index contributed by atoms with van der Waals surface area (Å²) in [5.74, 6) is -0.931. The summed E-state index contributed by atoms with van der Waals surface area (Å²) in [6, 6.07) is 14.5. The van der Waals surface area contributed by atoms with E-state index in [2.05, 4.69) is 20.1 Å². The lowest BCUT2D eigenvalue weighted by Gasteiger charge is -2.42. The van der Waals surface area contributed by atoms with Gasteiger partial charge in [-0.1, -0.05) is 6.07 Å². The Hall–Kier alpha value is -3.99. The highest BCUT2D eigenvalue weighted by Crippen LogP contribution is 2.29. The maximum atomic E-state index is 15.2. The van der Waals surface area contributed by atoms with Crippen LogP contribution in [-0.2, 0) is 6.54 Å². The van der Waals surface area contributed by atoms with Gasteiger partial charge in [0.15, 0.2) is 0 Å². The van der Waals surface area contributed by atoms with Crippen LogP contribution in [0.25, 0.3) is 5.52 Å². The standard InChI is InChI=1S/C29H29F4N5O2.ClH/c1-18-10-11-38-26(14-18)27(20(3)35-38)28(39)34-16-21-4-9-25(24(30)15-21)36-12-13-37(19(2)17-36)22-5-7-23(8-6-22)40-29(31,32)33;/h4-11,14-15,19H,12-13,16-17H2,1-3H3,(H,34,39);1H/t19-;/m1./s1. The number of hydrogen-bond acceptors (Lipinski definition) is 5. The minimum Gasteiger partial charge on any atom is -0.406 e. The molecular formula is C29H30ClF4N5O2. The molecule has 7 nitrogen and oxygen atoms in total. The van der Waals surface area contributed by atoms with Gasteiger partial charge in [-0.3, -0.25) is 4.79 Å². The van der Waals surface area contributed by atoms with Crippen LogP contribution in [0.2, 0.25) is 0 Å². The highest BCUT2D eigenvalue weighted by atomic mass is 35.5. The Morgan fingerprint density at radius 3 is 2.46 bits per heavy atom. The molecule has 3 heterocycles. The number of anilines is 2. The molecule has 1 amide bonds. The summed E-state index contributed by atoms with van der Waals surface area (Å²) >= 11 is 0. The molecule has 1 N–H and O–H groups in total. The van der Waals surface area contributed by atoms with Gasteiger partial charge in [0.05, 0.1) is 22.5 Å². The normalized spacial score (nSPS) is 15.5. The summed E-state index contributed by atoms with van der Waals surface area (Å²) in [4.78, 5) is 17.0. The third-order valence-corrected chi connectivity index (χ3v) is 7.03. The Kier molecular flexibility index (Phi) is 8.67. The first-order valence-electron chi connectivity index (χ1n) is 12.9. The number of fused-ring (bicyclic) bond motifs is 1. The Morgan fingerprint density at radius 1 is 1.07 bits per heavy atom. The van der Waals surface area contributed by atoms with E-state index >= 15 is 4.39 Å². The van der Waals surface area contributed by atoms with E-state index in [-0.39, 0.29) is 42.5 Å². The van der Waals surface area contributed by atoms with Crippen molar-refractivity contribution in [1.82, 2.24) is 14.9 Å². The van der Waals surface area contributed by atoms with E-state index in [9.17, 15) is 18.0 Å². The molecule has 4 aromatic rings. The lowest BCUT2D eigenvalue weighted by Crippen LogP contribution is -2.52. The van der Waals surface area contributed by atoms with E-state index in [4.69, 9.17) is 0 Å². The van der Waals surface area contributed by atoms with Crippen molar-refractivity contribution in [2.45, 2.75) is 39.7 Å². The lowest BCUT2D eigenvalue weighted by atomic mass is 10.1. The monoisotopic (exact) mass is 591 g/mol. The molecule has 0 radical (unpaired) electrons. The van der Waals surface area contributed by atoms with E-state index in [1.54, 1.807) is 35.7 Å². The zero-order chi connectivity index (χ0) is 28.6. The quantitative estimate of drug-likeness (QED) is 0.276. The van der Waals surface area contributed by atoms with Gasteiger partial charge >= 0.3 is 6.36 Å². The van der Waals surface area contributed by atoms with Crippen molar-refractivity contribution in [3.63, 3.8) is 0 Å². The molecule has 1 fully saturated rings. The molecule has 1 atom stereocenters. The highest BCUT2D eigenvalue weighted by Gasteiger charge is 2.31.